The molecule has 1 rings (SSSR count). The lowest BCUT2D eigenvalue weighted by molar-refractivity contribution is 0.436. The average molecular weight is 364 g/mol. The molecule has 0 aromatic heterocycles. The van der Waals surface area contributed by atoms with Gasteiger partial charge < -0.3 is 0 Å². The van der Waals surface area contributed by atoms with Gasteiger partial charge in [0.05, 0.1) is 0 Å². The Morgan fingerprint density at radius 2 is 1.62 bits per heavy atom. The fourth-order valence-electron chi connectivity index (χ4n) is 2.20. The standard InChI is InChI=1S/C22H24F4/c1-6-14(3)8-9-15(4)17(7-2)10-11-19(16(5)23)18-12-20(24)22(26)21(25)13-18/h7-13,16H,2,6H2,1,3-5H3/b14-8+,15-9+,17-10+,19-11+. The Morgan fingerprint density at radius 3 is 2.08 bits per heavy atom. The Kier molecular flexibility index (Phi) is 8.30. The van der Waals surface area contributed by atoms with E-state index in [9.17, 15) is 17.6 Å². The first kappa shape index (κ1) is 21.7. The molecule has 0 heterocycles. The monoisotopic (exact) mass is 364 g/mol. The van der Waals surface area contributed by atoms with Gasteiger partial charge in [-0.1, -0.05) is 49.5 Å². The molecular formula is C22H24F4. The smallest absolute Gasteiger partial charge is 0.194 e. The minimum atomic E-state index is -1.57. The highest BCUT2D eigenvalue weighted by molar-refractivity contribution is 5.70. The average Bonchev–Trinajstić information content (AvgIpc) is 2.60. The van der Waals surface area contributed by atoms with E-state index >= 15 is 0 Å². The second kappa shape index (κ2) is 9.95. The quantitative estimate of drug-likeness (QED) is 0.271. The molecule has 26 heavy (non-hydrogen) atoms. The maximum atomic E-state index is 14.0. The van der Waals surface area contributed by atoms with E-state index in [2.05, 4.69) is 13.5 Å². The van der Waals surface area contributed by atoms with Crippen LogP contribution in [0.4, 0.5) is 17.6 Å². The van der Waals surface area contributed by atoms with Gasteiger partial charge in [0.1, 0.15) is 6.17 Å². The number of hydrogen-bond donors (Lipinski definition) is 0. The van der Waals surface area contributed by atoms with Crippen molar-refractivity contribution in [1.29, 1.82) is 0 Å². The third-order valence-corrected chi connectivity index (χ3v) is 4.04. The number of rotatable bonds is 7. The predicted molar refractivity (Wildman–Crippen MR) is 101 cm³/mol. The molecule has 140 valence electrons. The van der Waals surface area contributed by atoms with Crippen LogP contribution in [0, 0.1) is 17.5 Å². The highest BCUT2D eigenvalue weighted by Crippen LogP contribution is 2.25. The SMILES string of the molecule is C=CC(=C\C=C(\c1cc(F)c(F)c(F)c1)C(C)F)/C(C)=C/C=C(\C)CC. The topological polar surface area (TPSA) is 0 Å². The Hall–Kier alpha value is -2.36. The maximum Gasteiger partial charge on any atom is 0.194 e. The molecule has 1 atom stereocenters. The third kappa shape index (κ3) is 5.87. The van der Waals surface area contributed by atoms with Crippen molar-refractivity contribution in [3.8, 4) is 0 Å². The van der Waals surface area contributed by atoms with Crippen molar-refractivity contribution in [2.75, 3.05) is 0 Å². The van der Waals surface area contributed by atoms with E-state index in [0.717, 1.165) is 29.7 Å². The summed E-state index contributed by atoms with van der Waals surface area (Å²) in [4.78, 5) is 0. The first-order valence-corrected chi connectivity index (χ1v) is 8.38. The number of alkyl halides is 1. The van der Waals surface area contributed by atoms with Crippen molar-refractivity contribution < 1.29 is 17.6 Å². The van der Waals surface area contributed by atoms with Crippen LogP contribution in [0.25, 0.3) is 5.57 Å². The van der Waals surface area contributed by atoms with Gasteiger partial charge in [0, 0.05) is 0 Å². The summed E-state index contributed by atoms with van der Waals surface area (Å²) >= 11 is 0. The van der Waals surface area contributed by atoms with Gasteiger partial charge in [-0.05, 0) is 61.6 Å². The van der Waals surface area contributed by atoms with Gasteiger partial charge >= 0.3 is 0 Å². The summed E-state index contributed by atoms with van der Waals surface area (Å²) in [6.45, 7) is 10.9. The Morgan fingerprint density at radius 1 is 1.04 bits per heavy atom. The molecule has 0 saturated heterocycles. The summed E-state index contributed by atoms with van der Waals surface area (Å²) in [7, 11) is 0. The van der Waals surface area contributed by atoms with Gasteiger partial charge in [0.15, 0.2) is 17.5 Å². The van der Waals surface area contributed by atoms with E-state index in [4.69, 9.17) is 0 Å². The second-order valence-corrected chi connectivity index (χ2v) is 6.03. The minimum absolute atomic E-state index is 0.0422. The summed E-state index contributed by atoms with van der Waals surface area (Å²) in [5.74, 6) is -4.27. The molecule has 1 aromatic carbocycles. The molecule has 0 aliphatic rings. The zero-order valence-corrected chi connectivity index (χ0v) is 15.5. The molecular weight excluding hydrogens is 340 g/mol. The van der Waals surface area contributed by atoms with Gasteiger partial charge in [-0.2, -0.15) is 0 Å². The van der Waals surface area contributed by atoms with Crippen molar-refractivity contribution >= 4 is 5.57 Å². The van der Waals surface area contributed by atoms with E-state index in [-0.39, 0.29) is 11.1 Å². The fraction of sp³-hybridized carbons (Fsp3) is 0.273. The lowest BCUT2D eigenvalue weighted by Crippen LogP contribution is -2.01. The van der Waals surface area contributed by atoms with Gasteiger partial charge in [-0.25, -0.2) is 17.6 Å². The van der Waals surface area contributed by atoms with Crippen molar-refractivity contribution in [1.82, 2.24) is 0 Å². The number of halogens is 4. The number of benzene rings is 1. The van der Waals surface area contributed by atoms with Crippen LogP contribution >= 0.6 is 0 Å². The largest absolute Gasteiger partial charge is 0.243 e. The second-order valence-electron chi connectivity index (χ2n) is 6.03. The van der Waals surface area contributed by atoms with E-state index < -0.39 is 23.6 Å². The van der Waals surface area contributed by atoms with E-state index in [1.165, 1.54) is 18.6 Å². The Balaban J connectivity index is 3.34. The summed E-state index contributed by atoms with van der Waals surface area (Å²) in [6.07, 6.45) is 8.02. The Labute approximate surface area is 152 Å². The van der Waals surface area contributed by atoms with Gasteiger partial charge in [0.2, 0.25) is 0 Å². The Bertz CT molecular complexity index is 754. The van der Waals surface area contributed by atoms with Crippen LogP contribution in [0.5, 0.6) is 0 Å². The first-order chi connectivity index (χ1) is 12.2. The molecule has 0 amide bonds. The van der Waals surface area contributed by atoms with E-state index in [0.29, 0.717) is 0 Å². The maximum absolute atomic E-state index is 14.0. The summed E-state index contributed by atoms with van der Waals surface area (Å²) in [5, 5.41) is 0. The van der Waals surface area contributed by atoms with E-state index in [1.807, 2.05) is 26.0 Å². The van der Waals surface area contributed by atoms with Crippen LogP contribution in [0.2, 0.25) is 0 Å². The molecule has 0 aliphatic heterocycles. The molecule has 0 aliphatic carbocycles. The summed E-state index contributed by atoms with van der Waals surface area (Å²) in [6, 6.07) is 1.58. The lowest BCUT2D eigenvalue weighted by atomic mass is 9.99. The third-order valence-electron chi connectivity index (χ3n) is 4.04. The summed E-state index contributed by atoms with van der Waals surface area (Å²) < 4.78 is 54.0. The predicted octanol–water partition coefficient (Wildman–Crippen LogP) is 7.26. The van der Waals surface area contributed by atoms with E-state index in [1.54, 1.807) is 12.2 Å². The van der Waals surface area contributed by atoms with Crippen LogP contribution in [-0.4, -0.2) is 6.17 Å². The van der Waals surface area contributed by atoms with Crippen LogP contribution < -0.4 is 0 Å². The van der Waals surface area contributed by atoms with Gasteiger partial charge in [-0.3, -0.25) is 0 Å². The van der Waals surface area contributed by atoms with Crippen molar-refractivity contribution in [2.45, 2.75) is 40.3 Å². The molecule has 1 unspecified atom stereocenters. The highest BCUT2D eigenvalue weighted by atomic mass is 19.2. The normalized spacial score (nSPS) is 15.2. The molecule has 0 radical (unpaired) electrons. The van der Waals surface area contributed by atoms with Gasteiger partial charge in [0.25, 0.3) is 0 Å². The van der Waals surface area contributed by atoms with Gasteiger partial charge in [-0.15, -0.1) is 0 Å². The highest BCUT2D eigenvalue weighted by Gasteiger charge is 2.16. The van der Waals surface area contributed by atoms with Crippen molar-refractivity contribution in [3.05, 3.63) is 88.8 Å². The molecule has 0 fully saturated rings. The molecule has 0 N–H and O–H groups in total. The lowest BCUT2D eigenvalue weighted by Gasteiger charge is -2.10. The zero-order valence-electron chi connectivity index (χ0n) is 15.5. The summed E-state index contributed by atoms with van der Waals surface area (Å²) in [5.41, 5.74) is 2.87. The number of hydrogen-bond acceptors (Lipinski definition) is 0. The molecule has 0 bridgehead atoms. The zero-order chi connectivity index (χ0) is 19.9. The molecule has 4 heteroatoms. The van der Waals surface area contributed by atoms with Crippen molar-refractivity contribution in [2.24, 2.45) is 0 Å². The molecule has 0 nitrogen and oxygen atoms in total. The first-order valence-electron chi connectivity index (χ1n) is 8.38. The van der Waals surface area contributed by atoms with Crippen LogP contribution in [0.3, 0.4) is 0 Å². The fourth-order valence-corrected chi connectivity index (χ4v) is 2.20. The molecule has 0 saturated carbocycles. The minimum Gasteiger partial charge on any atom is -0.243 e. The van der Waals surface area contributed by atoms with Crippen molar-refractivity contribution in [3.63, 3.8) is 0 Å². The van der Waals surface area contributed by atoms with Crippen LogP contribution in [0.15, 0.2) is 65.8 Å². The molecule has 1 aromatic rings. The van der Waals surface area contributed by atoms with Crippen LogP contribution in [-0.2, 0) is 0 Å². The molecule has 0 spiro atoms. The van der Waals surface area contributed by atoms with Crippen LogP contribution in [0.1, 0.15) is 39.7 Å². The number of allylic oxidation sites excluding steroid dienone is 9.